The molecule has 0 unspecified atom stereocenters. The Morgan fingerprint density at radius 1 is 1.73 bits per heavy atom. The van der Waals surface area contributed by atoms with Crippen molar-refractivity contribution in [1.82, 2.24) is 4.90 Å². The van der Waals surface area contributed by atoms with Gasteiger partial charge in [0.1, 0.15) is 0 Å². The van der Waals surface area contributed by atoms with Crippen LogP contribution in [-0.2, 0) is 0 Å². The summed E-state index contributed by atoms with van der Waals surface area (Å²) in [6.45, 7) is 4.46. The van der Waals surface area contributed by atoms with E-state index >= 15 is 0 Å². The smallest absolute Gasteiger partial charge is 0.0400 e. The van der Waals surface area contributed by atoms with Gasteiger partial charge in [-0.2, -0.15) is 0 Å². The van der Waals surface area contributed by atoms with Crippen molar-refractivity contribution in [2.45, 2.75) is 0 Å². The third kappa shape index (κ3) is 1.55. The zero-order valence-electron chi connectivity index (χ0n) is 6.67. The first-order valence-electron chi connectivity index (χ1n) is 3.44. The molecule has 0 saturated carbocycles. The van der Waals surface area contributed by atoms with Crippen molar-refractivity contribution in [3.05, 3.63) is 35.8 Å². The Bertz CT molecular complexity index is 238. The molecular formula is C8H13N3. The summed E-state index contributed by atoms with van der Waals surface area (Å²) in [7, 11) is 1.96. The first kappa shape index (κ1) is 7.72. The van der Waals surface area contributed by atoms with Gasteiger partial charge in [0.05, 0.1) is 0 Å². The Labute approximate surface area is 66.7 Å². The summed E-state index contributed by atoms with van der Waals surface area (Å²) in [5, 5.41) is 0. The first-order chi connectivity index (χ1) is 5.11. The van der Waals surface area contributed by atoms with Gasteiger partial charge in [0.15, 0.2) is 0 Å². The molecule has 1 aliphatic rings. The zero-order chi connectivity index (χ0) is 8.43. The van der Waals surface area contributed by atoms with E-state index in [9.17, 15) is 0 Å². The summed E-state index contributed by atoms with van der Waals surface area (Å²) in [4.78, 5) is 2.00. The molecule has 0 aromatic heterocycles. The van der Waals surface area contributed by atoms with E-state index in [1.807, 2.05) is 24.2 Å². The summed E-state index contributed by atoms with van der Waals surface area (Å²) < 4.78 is 0. The van der Waals surface area contributed by atoms with Crippen LogP contribution in [0.2, 0.25) is 0 Å². The quantitative estimate of drug-likeness (QED) is 0.560. The highest BCUT2D eigenvalue weighted by molar-refractivity contribution is 5.43. The molecule has 1 rings (SSSR count). The second-order valence-corrected chi connectivity index (χ2v) is 2.67. The third-order valence-electron chi connectivity index (χ3n) is 1.61. The fourth-order valence-electron chi connectivity index (χ4n) is 0.968. The molecule has 3 heteroatoms. The summed E-state index contributed by atoms with van der Waals surface area (Å²) >= 11 is 0. The number of hydrogen-bond donors (Lipinski definition) is 2. The Kier molecular flexibility index (Phi) is 1.89. The van der Waals surface area contributed by atoms with Crippen molar-refractivity contribution in [2.24, 2.45) is 11.5 Å². The first-order valence-corrected chi connectivity index (χ1v) is 3.44. The van der Waals surface area contributed by atoms with Crippen LogP contribution in [0, 0.1) is 0 Å². The largest absolute Gasteiger partial charge is 0.399 e. The number of rotatable bonds is 1. The molecule has 11 heavy (non-hydrogen) atoms. The summed E-state index contributed by atoms with van der Waals surface area (Å²) in [5.41, 5.74) is 13.2. The molecule has 4 N–H and O–H groups in total. The van der Waals surface area contributed by atoms with E-state index in [-0.39, 0.29) is 0 Å². The van der Waals surface area contributed by atoms with Gasteiger partial charge in [-0.15, -0.1) is 0 Å². The van der Waals surface area contributed by atoms with E-state index in [2.05, 4.69) is 6.58 Å². The van der Waals surface area contributed by atoms with E-state index in [1.165, 1.54) is 0 Å². The van der Waals surface area contributed by atoms with E-state index in [4.69, 9.17) is 11.5 Å². The Balaban J connectivity index is 2.90. The molecule has 0 atom stereocenters. The van der Waals surface area contributed by atoms with Crippen molar-refractivity contribution >= 4 is 0 Å². The zero-order valence-corrected chi connectivity index (χ0v) is 6.67. The molecule has 0 spiro atoms. The highest BCUT2D eigenvalue weighted by atomic mass is 15.1. The van der Waals surface area contributed by atoms with Crippen molar-refractivity contribution in [1.29, 1.82) is 0 Å². The maximum absolute atomic E-state index is 5.67. The van der Waals surface area contributed by atoms with E-state index in [1.54, 1.807) is 0 Å². The van der Waals surface area contributed by atoms with Crippen LogP contribution in [0.25, 0.3) is 0 Å². The molecule has 0 bridgehead atoms. The number of nitrogens with zero attached hydrogens (tertiary/aromatic N) is 1. The fraction of sp³-hybridized carbons (Fsp3) is 0.250. The monoisotopic (exact) mass is 151 g/mol. The van der Waals surface area contributed by atoms with Crippen LogP contribution in [0.4, 0.5) is 0 Å². The van der Waals surface area contributed by atoms with Crippen LogP contribution >= 0.6 is 0 Å². The van der Waals surface area contributed by atoms with E-state index < -0.39 is 0 Å². The summed E-state index contributed by atoms with van der Waals surface area (Å²) in [6.07, 6.45) is 3.82. The fourth-order valence-corrected chi connectivity index (χ4v) is 0.968. The Morgan fingerprint density at radius 2 is 2.36 bits per heavy atom. The summed E-state index contributed by atoms with van der Waals surface area (Å²) in [6, 6.07) is 0. The van der Waals surface area contributed by atoms with Crippen LogP contribution in [-0.4, -0.2) is 18.5 Å². The minimum absolute atomic E-state index is 0.519. The molecule has 3 nitrogen and oxygen atoms in total. The normalized spacial score (nSPS) is 17.4. The van der Waals surface area contributed by atoms with Gasteiger partial charge in [-0.3, -0.25) is 0 Å². The maximum atomic E-state index is 5.67. The molecule has 0 aliphatic carbocycles. The van der Waals surface area contributed by atoms with Gasteiger partial charge in [0.25, 0.3) is 0 Å². The molecular weight excluding hydrogens is 138 g/mol. The molecule has 0 aromatic rings. The second kappa shape index (κ2) is 2.70. The molecule has 1 aliphatic heterocycles. The van der Waals surface area contributed by atoms with Gasteiger partial charge in [-0.25, -0.2) is 0 Å². The topological polar surface area (TPSA) is 55.3 Å². The maximum Gasteiger partial charge on any atom is 0.0400 e. The van der Waals surface area contributed by atoms with Gasteiger partial charge >= 0.3 is 0 Å². The van der Waals surface area contributed by atoms with Crippen molar-refractivity contribution in [3.63, 3.8) is 0 Å². The molecule has 0 radical (unpaired) electrons. The number of hydrogen-bond acceptors (Lipinski definition) is 3. The Hall–Kier alpha value is -1.38. The lowest BCUT2D eigenvalue weighted by Crippen LogP contribution is -2.21. The van der Waals surface area contributed by atoms with Crippen LogP contribution in [0.1, 0.15) is 0 Å². The average Bonchev–Trinajstić information content (AvgIpc) is 1.94. The third-order valence-corrected chi connectivity index (χ3v) is 1.61. The van der Waals surface area contributed by atoms with Crippen LogP contribution in [0.15, 0.2) is 35.8 Å². The highest BCUT2D eigenvalue weighted by Crippen LogP contribution is 2.14. The van der Waals surface area contributed by atoms with Crippen molar-refractivity contribution < 1.29 is 0 Å². The van der Waals surface area contributed by atoms with Gasteiger partial charge in [-0.1, -0.05) is 6.58 Å². The number of likely N-dealkylation sites (N-methyl/N-ethyl adjacent to an activating group) is 1. The summed E-state index contributed by atoms with van der Waals surface area (Å²) in [5.74, 6) is 0. The molecule has 1 heterocycles. The lowest BCUT2D eigenvalue weighted by atomic mass is 10.1. The second-order valence-electron chi connectivity index (χ2n) is 2.67. The van der Waals surface area contributed by atoms with Crippen LogP contribution < -0.4 is 11.5 Å². The van der Waals surface area contributed by atoms with Crippen molar-refractivity contribution in [2.75, 3.05) is 13.6 Å². The predicted molar refractivity (Wildman–Crippen MR) is 46.3 cm³/mol. The lowest BCUT2D eigenvalue weighted by molar-refractivity contribution is 0.497. The van der Waals surface area contributed by atoms with Gasteiger partial charge < -0.3 is 16.4 Å². The van der Waals surface area contributed by atoms with Crippen LogP contribution in [0.3, 0.4) is 0 Å². The standard InChI is InChI=1S/C8H13N3/c1-6(9)7-5-11(2)4-3-8(7)10/h3,5H,1,4,9-10H2,2H3. The SMILES string of the molecule is C=C(N)C1=CN(C)CC=C1N. The number of nitrogens with two attached hydrogens (primary N) is 2. The molecule has 60 valence electrons. The van der Waals surface area contributed by atoms with Gasteiger partial charge in [0.2, 0.25) is 0 Å². The predicted octanol–water partition coefficient (Wildman–Crippen LogP) is 0.131. The van der Waals surface area contributed by atoms with Gasteiger partial charge in [-0.05, 0) is 6.08 Å². The minimum Gasteiger partial charge on any atom is -0.399 e. The van der Waals surface area contributed by atoms with Crippen molar-refractivity contribution in [3.8, 4) is 0 Å². The Morgan fingerprint density at radius 3 is 2.82 bits per heavy atom. The molecule has 0 fully saturated rings. The van der Waals surface area contributed by atoms with Gasteiger partial charge in [0, 0.05) is 36.8 Å². The highest BCUT2D eigenvalue weighted by Gasteiger charge is 2.08. The van der Waals surface area contributed by atoms with E-state index in [0.717, 1.165) is 17.8 Å². The molecule has 0 amide bonds. The minimum atomic E-state index is 0.519. The molecule has 0 saturated heterocycles. The average molecular weight is 151 g/mol. The van der Waals surface area contributed by atoms with Crippen LogP contribution in [0.5, 0.6) is 0 Å². The molecule has 0 aromatic carbocycles. The van der Waals surface area contributed by atoms with E-state index in [0.29, 0.717) is 5.70 Å². The lowest BCUT2D eigenvalue weighted by Gasteiger charge is -2.20.